The summed E-state index contributed by atoms with van der Waals surface area (Å²) in [6.07, 6.45) is 3.25. The fourth-order valence-electron chi connectivity index (χ4n) is 2.58. The number of nitrogens with two attached hydrogens (primary N) is 1. The Bertz CT molecular complexity index is 1130. The van der Waals surface area contributed by atoms with E-state index in [2.05, 4.69) is 38.7 Å². The van der Waals surface area contributed by atoms with Gasteiger partial charge in [0.25, 0.3) is 0 Å². The molecule has 0 saturated heterocycles. The number of benzene rings is 1. The molecule has 126 valence electrons. The summed E-state index contributed by atoms with van der Waals surface area (Å²) in [6.45, 7) is 2.06. The van der Waals surface area contributed by atoms with Crippen molar-refractivity contribution in [2.24, 2.45) is 0 Å². The van der Waals surface area contributed by atoms with Gasteiger partial charge in [0.1, 0.15) is 16.9 Å². The molecular weight excluding hydrogens is 342 g/mol. The molecule has 0 fully saturated rings. The lowest BCUT2D eigenvalue weighted by Crippen LogP contribution is -1.96. The van der Waals surface area contributed by atoms with Gasteiger partial charge in [0.2, 0.25) is 0 Å². The lowest BCUT2D eigenvalue weighted by Gasteiger charge is -2.05. The lowest BCUT2D eigenvalue weighted by molar-refractivity contribution is 0.978. The van der Waals surface area contributed by atoms with Gasteiger partial charge in [-0.3, -0.25) is 0 Å². The summed E-state index contributed by atoms with van der Waals surface area (Å²) in [4.78, 5) is 17.1. The summed E-state index contributed by atoms with van der Waals surface area (Å²) in [5.74, 6) is 6.97. The molecule has 0 radical (unpaired) electrons. The van der Waals surface area contributed by atoms with Gasteiger partial charge in [-0.1, -0.05) is 24.0 Å². The molecule has 0 saturated carbocycles. The Labute approximate surface area is 155 Å². The zero-order valence-corrected chi connectivity index (χ0v) is 14.9. The number of rotatable bonds is 2. The summed E-state index contributed by atoms with van der Waals surface area (Å²) in [5, 5.41) is 3.00. The molecule has 1 atom stereocenters. The number of aromatic nitrogens is 4. The van der Waals surface area contributed by atoms with E-state index in [0.29, 0.717) is 11.3 Å². The Kier molecular flexibility index (Phi) is 4.30. The first-order chi connectivity index (χ1) is 12.7. The second kappa shape index (κ2) is 6.90. The van der Waals surface area contributed by atoms with Crippen LogP contribution in [0.15, 0.2) is 54.3 Å². The first-order valence-corrected chi connectivity index (χ1v) is 8.97. The van der Waals surface area contributed by atoms with Crippen LogP contribution in [0.25, 0.3) is 22.3 Å². The molecule has 0 amide bonds. The van der Waals surface area contributed by atoms with Crippen molar-refractivity contribution in [3.63, 3.8) is 0 Å². The fraction of sp³-hybridized carbons (Fsp3) is 0.100. The third kappa shape index (κ3) is 3.25. The minimum atomic E-state index is 0.106. The monoisotopic (exact) mass is 357 g/mol. The Morgan fingerprint density at radius 1 is 1.12 bits per heavy atom. The topological polar surface area (TPSA) is 77.6 Å². The summed E-state index contributed by atoms with van der Waals surface area (Å²) >= 11 is 1.62. The van der Waals surface area contributed by atoms with E-state index in [1.807, 2.05) is 41.8 Å². The van der Waals surface area contributed by atoms with Gasteiger partial charge < -0.3 is 5.73 Å². The summed E-state index contributed by atoms with van der Waals surface area (Å²) in [7, 11) is 0. The standard InChI is InChI=1S/C20H15N5S/c1-13(20-22-9-10-26-20)5-6-14-3-2-4-15(11-14)16-7-8-17-18(25-16)19(21)24-12-23-17/h2-4,7-13H,1H3,(H2,21,23,24)/t13-/m0/s1. The van der Waals surface area contributed by atoms with Gasteiger partial charge in [-0.2, -0.15) is 0 Å². The Morgan fingerprint density at radius 2 is 2.04 bits per heavy atom. The maximum Gasteiger partial charge on any atom is 0.153 e. The number of anilines is 1. The average Bonchev–Trinajstić information content (AvgIpc) is 3.21. The normalized spacial score (nSPS) is 11.7. The van der Waals surface area contributed by atoms with Gasteiger partial charge in [0, 0.05) is 22.7 Å². The van der Waals surface area contributed by atoms with Crippen molar-refractivity contribution in [1.29, 1.82) is 0 Å². The van der Waals surface area contributed by atoms with Crippen molar-refractivity contribution in [3.05, 3.63) is 64.9 Å². The van der Waals surface area contributed by atoms with Crippen LogP contribution in [-0.2, 0) is 0 Å². The summed E-state index contributed by atoms with van der Waals surface area (Å²) in [5.41, 5.74) is 9.99. The van der Waals surface area contributed by atoms with Gasteiger partial charge >= 0.3 is 0 Å². The second-order valence-corrected chi connectivity index (χ2v) is 6.69. The molecule has 4 aromatic rings. The molecule has 0 aliphatic heterocycles. The van der Waals surface area contributed by atoms with Crippen LogP contribution in [0.2, 0.25) is 0 Å². The zero-order valence-electron chi connectivity index (χ0n) is 14.0. The highest BCUT2D eigenvalue weighted by atomic mass is 32.1. The van der Waals surface area contributed by atoms with E-state index in [0.717, 1.165) is 27.3 Å². The number of nitrogen functional groups attached to an aromatic ring is 1. The predicted molar refractivity (Wildman–Crippen MR) is 105 cm³/mol. The molecule has 0 bridgehead atoms. The van der Waals surface area contributed by atoms with Gasteiger partial charge in [0.15, 0.2) is 5.82 Å². The Morgan fingerprint density at radius 3 is 2.88 bits per heavy atom. The number of nitrogens with zero attached hydrogens (tertiary/aromatic N) is 4. The minimum Gasteiger partial charge on any atom is -0.382 e. The number of hydrogen-bond acceptors (Lipinski definition) is 6. The summed E-state index contributed by atoms with van der Waals surface area (Å²) < 4.78 is 0. The molecule has 3 heterocycles. The predicted octanol–water partition coefficient (Wildman–Crippen LogP) is 3.89. The van der Waals surface area contributed by atoms with Crippen LogP contribution in [0, 0.1) is 11.8 Å². The van der Waals surface area contributed by atoms with E-state index < -0.39 is 0 Å². The molecule has 5 nitrogen and oxygen atoms in total. The van der Waals surface area contributed by atoms with Crippen LogP contribution in [0.4, 0.5) is 5.82 Å². The third-order valence-corrected chi connectivity index (χ3v) is 4.88. The largest absolute Gasteiger partial charge is 0.382 e. The van der Waals surface area contributed by atoms with Gasteiger partial charge in [0.05, 0.1) is 17.1 Å². The molecule has 26 heavy (non-hydrogen) atoms. The third-order valence-electron chi connectivity index (χ3n) is 3.92. The molecule has 0 spiro atoms. The lowest BCUT2D eigenvalue weighted by atomic mass is 10.1. The van der Waals surface area contributed by atoms with Crippen LogP contribution in [0.1, 0.15) is 23.4 Å². The van der Waals surface area contributed by atoms with Crippen molar-refractivity contribution >= 4 is 28.2 Å². The second-order valence-electron chi connectivity index (χ2n) is 5.77. The van der Waals surface area contributed by atoms with Crippen molar-refractivity contribution in [2.45, 2.75) is 12.8 Å². The van der Waals surface area contributed by atoms with Crippen molar-refractivity contribution in [1.82, 2.24) is 19.9 Å². The fourth-order valence-corrected chi connectivity index (χ4v) is 3.22. The average molecular weight is 357 g/mol. The highest BCUT2D eigenvalue weighted by Gasteiger charge is 2.06. The highest BCUT2D eigenvalue weighted by molar-refractivity contribution is 7.09. The van der Waals surface area contributed by atoms with Crippen LogP contribution in [-0.4, -0.2) is 19.9 Å². The maximum absolute atomic E-state index is 5.92. The Hall–Kier alpha value is -3.30. The van der Waals surface area contributed by atoms with Crippen LogP contribution in [0.3, 0.4) is 0 Å². The number of pyridine rings is 1. The number of hydrogen-bond donors (Lipinski definition) is 1. The van der Waals surface area contributed by atoms with E-state index in [1.165, 1.54) is 6.33 Å². The quantitative estimate of drug-likeness (QED) is 0.551. The van der Waals surface area contributed by atoms with Gasteiger partial charge in [-0.15, -0.1) is 11.3 Å². The first kappa shape index (κ1) is 16.2. The molecular formula is C20H15N5S. The van der Waals surface area contributed by atoms with Gasteiger partial charge in [-0.25, -0.2) is 19.9 Å². The van der Waals surface area contributed by atoms with Crippen molar-refractivity contribution < 1.29 is 0 Å². The SMILES string of the molecule is C[C@@H](C#Cc1cccc(-c2ccc3ncnc(N)c3n2)c1)c1nccs1. The first-order valence-electron chi connectivity index (χ1n) is 8.09. The van der Waals surface area contributed by atoms with E-state index in [9.17, 15) is 0 Å². The molecule has 0 unspecified atom stereocenters. The number of thiazole rings is 1. The summed E-state index contributed by atoms with van der Waals surface area (Å²) in [6, 6.07) is 11.8. The van der Waals surface area contributed by atoms with Crippen molar-refractivity contribution in [3.8, 4) is 23.1 Å². The smallest absolute Gasteiger partial charge is 0.153 e. The van der Waals surface area contributed by atoms with Crippen LogP contribution >= 0.6 is 11.3 Å². The van der Waals surface area contributed by atoms with Crippen molar-refractivity contribution in [2.75, 3.05) is 5.73 Å². The molecule has 4 rings (SSSR count). The number of fused-ring (bicyclic) bond motifs is 1. The molecule has 6 heteroatoms. The molecule has 3 aromatic heterocycles. The van der Waals surface area contributed by atoms with E-state index in [4.69, 9.17) is 5.73 Å². The molecule has 0 aliphatic carbocycles. The zero-order chi connectivity index (χ0) is 17.9. The Balaban J connectivity index is 1.67. The van der Waals surface area contributed by atoms with E-state index >= 15 is 0 Å². The van der Waals surface area contributed by atoms with Gasteiger partial charge in [-0.05, 0) is 31.2 Å². The van der Waals surface area contributed by atoms with E-state index in [1.54, 1.807) is 17.5 Å². The molecule has 2 N–H and O–H groups in total. The van der Waals surface area contributed by atoms with E-state index in [-0.39, 0.29) is 5.92 Å². The van der Waals surface area contributed by atoms with Crippen LogP contribution < -0.4 is 5.73 Å². The van der Waals surface area contributed by atoms with Crippen LogP contribution in [0.5, 0.6) is 0 Å². The minimum absolute atomic E-state index is 0.106. The maximum atomic E-state index is 5.92. The molecule has 0 aliphatic rings. The highest BCUT2D eigenvalue weighted by Crippen LogP contribution is 2.23. The molecule has 1 aromatic carbocycles.